The molecule has 0 radical (unpaired) electrons. The lowest BCUT2D eigenvalue weighted by Gasteiger charge is -2.21. The fourth-order valence-electron chi connectivity index (χ4n) is 3.03. The van der Waals surface area contributed by atoms with Crippen molar-refractivity contribution >= 4 is 11.6 Å². The number of benzene rings is 1. The topological polar surface area (TPSA) is 15.3 Å². The third kappa shape index (κ3) is 4.21. The van der Waals surface area contributed by atoms with Crippen molar-refractivity contribution in [2.75, 3.05) is 20.1 Å². The first kappa shape index (κ1) is 14.4. The van der Waals surface area contributed by atoms with Crippen LogP contribution in [0.25, 0.3) is 0 Å². The van der Waals surface area contributed by atoms with E-state index in [1.807, 2.05) is 12.1 Å². The molecule has 110 valence electrons. The molecule has 0 bridgehead atoms. The molecule has 0 amide bonds. The minimum Gasteiger partial charge on any atom is -0.312 e. The Kier molecular flexibility index (Phi) is 4.65. The second-order valence-electron chi connectivity index (χ2n) is 6.52. The summed E-state index contributed by atoms with van der Waals surface area (Å²) in [5.74, 6) is 1.98. The molecular formula is C17H25ClN2. The molecule has 0 saturated heterocycles. The van der Waals surface area contributed by atoms with Crippen LogP contribution in [0.3, 0.4) is 0 Å². The van der Waals surface area contributed by atoms with Crippen LogP contribution in [0.2, 0.25) is 5.02 Å². The van der Waals surface area contributed by atoms with Gasteiger partial charge in [-0.15, -0.1) is 0 Å². The predicted octanol–water partition coefficient (Wildman–Crippen LogP) is 3.55. The molecular weight excluding hydrogens is 268 g/mol. The van der Waals surface area contributed by atoms with E-state index in [9.17, 15) is 0 Å². The van der Waals surface area contributed by atoms with Gasteiger partial charge in [0.2, 0.25) is 0 Å². The largest absolute Gasteiger partial charge is 0.312 e. The normalized spacial score (nSPS) is 19.0. The minimum absolute atomic E-state index is 0.815. The van der Waals surface area contributed by atoms with Crippen molar-refractivity contribution in [3.8, 4) is 0 Å². The van der Waals surface area contributed by atoms with Crippen molar-refractivity contribution < 1.29 is 0 Å². The van der Waals surface area contributed by atoms with Gasteiger partial charge in [-0.3, -0.25) is 0 Å². The molecule has 0 unspecified atom stereocenters. The van der Waals surface area contributed by atoms with Crippen molar-refractivity contribution in [2.45, 2.75) is 38.3 Å². The number of halogens is 1. The number of hydrogen-bond donors (Lipinski definition) is 1. The maximum Gasteiger partial charge on any atom is 0.0406 e. The molecule has 2 saturated carbocycles. The van der Waals surface area contributed by atoms with Crippen LogP contribution >= 0.6 is 11.6 Å². The highest BCUT2D eigenvalue weighted by Crippen LogP contribution is 2.44. The van der Waals surface area contributed by atoms with Crippen LogP contribution in [-0.4, -0.2) is 31.1 Å². The molecule has 1 aromatic rings. The van der Waals surface area contributed by atoms with Gasteiger partial charge in [-0.2, -0.15) is 0 Å². The van der Waals surface area contributed by atoms with Crippen LogP contribution in [0.4, 0.5) is 0 Å². The summed E-state index contributed by atoms with van der Waals surface area (Å²) in [7, 11) is 2.19. The first-order valence-electron chi connectivity index (χ1n) is 7.89. The maximum atomic E-state index is 5.91. The summed E-state index contributed by atoms with van der Waals surface area (Å²) in [5, 5.41) is 4.62. The van der Waals surface area contributed by atoms with Gasteiger partial charge in [-0.05, 0) is 62.3 Å². The Labute approximate surface area is 127 Å². The number of rotatable bonds is 8. The Morgan fingerprint density at radius 1 is 1.15 bits per heavy atom. The van der Waals surface area contributed by atoms with Crippen LogP contribution in [0.15, 0.2) is 24.3 Å². The van der Waals surface area contributed by atoms with Gasteiger partial charge in [0.1, 0.15) is 0 Å². The molecule has 0 aliphatic heterocycles. The lowest BCUT2D eigenvalue weighted by Crippen LogP contribution is -2.38. The van der Waals surface area contributed by atoms with E-state index >= 15 is 0 Å². The van der Waals surface area contributed by atoms with E-state index in [-0.39, 0.29) is 0 Å². The van der Waals surface area contributed by atoms with Gasteiger partial charge in [0.05, 0.1) is 0 Å². The number of nitrogens with one attached hydrogen (secondary N) is 1. The van der Waals surface area contributed by atoms with Crippen molar-refractivity contribution in [1.82, 2.24) is 10.2 Å². The van der Waals surface area contributed by atoms with E-state index in [0.717, 1.165) is 42.5 Å². The molecule has 2 aliphatic carbocycles. The smallest absolute Gasteiger partial charge is 0.0406 e. The first-order valence-corrected chi connectivity index (χ1v) is 8.26. The number of hydrogen-bond acceptors (Lipinski definition) is 2. The number of likely N-dealkylation sites (N-methyl/N-ethyl adjacent to an activating group) is 1. The summed E-state index contributed by atoms with van der Waals surface area (Å²) < 4.78 is 0. The van der Waals surface area contributed by atoms with Crippen molar-refractivity contribution in [2.24, 2.45) is 11.8 Å². The van der Waals surface area contributed by atoms with E-state index in [1.165, 1.54) is 31.2 Å². The van der Waals surface area contributed by atoms with Crippen LogP contribution < -0.4 is 5.32 Å². The molecule has 0 spiro atoms. The zero-order chi connectivity index (χ0) is 13.9. The van der Waals surface area contributed by atoms with Gasteiger partial charge < -0.3 is 10.2 Å². The fraction of sp³-hybridized carbons (Fsp3) is 0.647. The maximum absolute atomic E-state index is 5.91. The standard InChI is InChI=1S/C17H25ClN2/c1-20(12-13-2-8-16(18)9-3-13)11-10-19-17(14-4-5-14)15-6-7-15/h2-3,8-9,14-15,17,19H,4-7,10-12H2,1H3. The van der Waals surface area contributed by atoms with E-state index in [2.05, 4.69) is 29.4 Å². The average molecular weight is 293 g/mol. The molecule has 0 heterocycles. The summed E-state index contributed by atoms with van der Waals surface area (Å²) >= 11 is 5.91. The summed E-state index contributed by atoms with van der Waals surface area (Å²) in [4.78, 5) is 2.38. The van der Waals surface area contributed by atoms with Gasteiger partial charge in [0, 0.05) is 30.7 Å². The highest BCUT2D eigenvalue weighted by molar-refractivity contribution is 6.30. The molecule has 3 rings (SSSR count). The zero-order valence-corrected chi connectivity index (χ0v) is 13.1. The Morgan fingerprint density at radius 3 is 2.30 bits per heavy atom. The molecule has 2 aliphatic rings. The van der Waals surface area contributed by atoms with Crippen LogP contribution in [0, 0.1) is 11.8 Å². The van der Waals surface area contributed by atoms with Gasteiger partial charge >= 0.3 is 0 Å². The minimum atomic E-state index is 0.815. The number of nitrogens with zero attached hydrogens (tertiary/aromatic N) is 1. The SMILES string of the molecule is CN(CCNC(C1CC1)C1CC1)Cc1ccc(Cl)cc1. The van der Waals surface area contributed by atoms with Gasteiger partial charge in [-0.1, -0.05) is 23.7 Å². The Morgan fingerprint density at radius 2 is 1.75 bits per heavy atom. The fourth-order valence-corrected chi connectivity index (χ4v) is 3.16. The quantitative estimate of drug-likeness (QED) is 0.788. The van der Waals surface area contributed by atoms with Gasteiger partial charge in [0.15, 0.2) is 0 Å². The summed E-state index contributed by atoms with van der Waals surface area (Å²) in [6.45, 7) is 3.22. The predicted molar refractivity (Wildman–Crippen MR) is 85.0 cm³/mol. The van der Waals surface area contributed by atoms with E-state index in [0.29, 0.717) is 0 Å². The molecule has 2 nitrogen and oxygen atoms in total. The van der Waals surface area contributed by atoms with E-state index in [1.54, 1.807) is 0 Å². The summed E-state index contributed by atoms with van der Waals surface area (Å²) in [6, 6.07) is 8.99. The second-order valence-corrected chi connectivity index (χ2v) is 6.96. The molecule has 0 aromatic heterocycles. The molecule has 3 heteroatoms. The van der Waals surface area contributed by atoms with Gasteiger partial charge in [0.25, 0.3) is 0 Å². The Hall–Kier alpha value is -0.570. The molecule has 0 atom stereocenters. The van der Waals surface area contributed by atoms with Crippen LogP contribution in [0.5, 0.6) is 0 Å². The summed E-state index contributed by atoms with van der Waals surface area (Å²) in [5.41, 5.74) is 1.33. The van der Waals surface area contributed by atoms with Crippen molar-refractivity contribution in [3.05, 3.63) is 34.9 Å². The molecule has 1 N–H and O–H groups in total. The molecule has 20 heavy (non-hydrogen) atoms. The third-order valence-corrected chi connectivity index (χ3v) is 4.75. The van der Waals surface area contributed by atoms with Crippen LogP contribution in [0.1, 0.15) is 31.2 Å². The highest BCUT2D eigenvalue weighted by atomic mass is 35.5. The Balaban J connectivity index is 1.38. The van der Waals surface area contributed by atoms with E-state index < -0.39 is 0 Å². The average Bonchev–Trinajstić information content (AvgIpc) is 3.29. The van der Waals surface area contributed by atoms with Gasteiger partial charge in [-0.25, -0.2) is 0 Å². The lowest BCUT2D eigenvalue weighted by molar-refractivity contribution is 0.305. The van der Waals surface area contributed by atoms with Crippen molar-refractivity contribution in [3.63, 3.8) is 0 Å². The lowest BCUT2D eigenvalue weighted by atomic mass is 10.1. The molecule has 2 fully saturated rings. The Bertz CT molecular complexity index is 411. The highest BCUT2D eigenvalue weighted by Gasteiger charge is 2.40. The zero-order valence-electron chi connectivity index (χ0n) is 12.3. The molecule has 1 aromatic carbocycles. The first-order chi connectivity index (χ1) is 9.72. The monoisotopic (exact) mass is 292 g/mol. The third-order valence-electron chi connectivity index (χ3n) is 4.50. The second kappa shape index (κ2) is 6.46. The summed E-state index contributed by atoms with van der Waals surface area (Å²) in [6.07, 6.45) is 5.81. The van der Waals surface area contributed by atoms with Crippen molar-refractivity contribution in [1.29, 1.82) is 0 Å². The van der Waals surface area contributed by atoms with Crippen LogP contribution in [-0.2, 0) is 6.54 Å². The van der Waals surface area contributed by atoms with E-state index in [4.69, 9.17) is 11.6 Å².